The highest BCUT2D eigenvalue weighted by molar-refractivity contribution is 7.99. The molecular weight excluding hydrogens is 416 g/mol. The Balaban J connectivity index is 1.77. The van der Waals surface area contributed by atoms with Crippen LogP contribution in [0.5, 0.6) is 17.4 Å². The van der Waals surface area contributed by atoms with Crippen molar-refractivity contribution in [1.29, 1.82) is 0 Å². The zero-order valence-corrected chi connectivity index (χ0v) is 17.5. The maximum atomic E-state index is 13.1. The monoisotopic (exact) mass is 434 g/mol. The summed E-state index contributed by atoms with van der Waals surface area (Å²) in [5.41, 5.74) is 2.31. The quantitative estimate of drug-likeness (QED) is 0.354. The van der Waals surface area contributed by atoms with Crippen LogP contribution in [-0.4, -0.2) is 28.5 Å². The average molecular weight is 434 g/mol. The Hall–Kier alpha value is -3.59. The fraction of sp³-hybridized carbons (Fsp3) is 0.182. The average Bonchev–Trinajstić information content (AvgIpc) is 3.24. The van der Waals surface area contributed by atoms with Crippen LogP contribution in [0.25, 0.3) is 11.3 Å². The number of carbonyl (C=O) groups excluding carboxylic acids is 1. The molecule has 1 unspecified atom stereocenters. The van der Waals surface area contributed by atoms with Crippen molar-refractivity contribution in [3.05, 3.63) is 60.7 Å². The molecule has 8 nitrogen and oxygen atoms in total. The standard InChI is InChI=1S/C22H18N4O4S/c1-3-10-31-22-23-20(28)19-15-6-4-5-7-16(15)25(13(2)27)21(26(19)24-22)14-8-9-17-18(11-14)30-12-29-17/h3-9,11,21H,1,10,12H2,2H3. The number of hydrogen-bond donors (Lipinski definition) is 0. The summed E-state index contributed by atoms with van der Waals surface area (Å²) in [6, 6.07) is 12.7. The number of ether oxygens (including phenoxy) is 2. The van der Waals surface area contributed by atoms with E-state index in [4.69, 9.17) is 9.47 Å². The van der Waals surface area contributed by atoms with E-state index in [9.17, 15) is 9.90 Å². The van der Waals surface area contributed by atoms with Crippen molar-refractivity contribution in [2.75, 3.05) is 17.4 Å². The van der Waals surface area contributed by atoms with Gasteiger partial charge < -0.3 is 14.6 Å². The Labute approximate surface area is 182 Å². The minimum absolute atomic E-state index is 0.141. The third-order valence-corrected chi connectivity index (χ3v) is 5.91. The molecule has 2 aliphatic rings. The van der Waals surface area contributed by atoms with Gasteiger partial charge in [0.15, 0.2) is 11.5 Å². The third-order valence-electron chi connectivity index (χ3n) is 5.08. The molecule has 0 spiro atoms. The molecule has 0 fully saturated rings. The Morgan fingerprint density at radius 3 is 2.94 bits per heavy atom. The number of rotatable bonds is 4. The molecule has 3 heterocycles. The van der Waals surface area contributed by atoms with E-state index in [1.165, 1.54) is 18.7 Å². The van der Waals surface area contributed by atoms with Crippen LogP contribution < -0.4 is 24.2 Å². The summed E-state index contributed by atoms with van der Waals surface area (Å²) in [7, 11) is 0. The largest absolute Gasteiger partial charge is 0.854 e. The highest BCUT2D eigenvalue weighted by atomic mass is 32.2. The van der Waals surface area contributed by atoms with Gasteiger partial charge in [-0.25, -0.2) is 9.88 Å². The second-order valence-corrected chi connectivity index (χ2v) is 7.97. The molecular formula is C22H18N4O4S. The summed E-state index contributed by atoms with van der Waals surface area (Å²) in [5.74, 6) is 1.19. The van der Waals surface area contributed by atoms with Crippen molar-refractivity contribution in [2.45, 2.75) is 18.2 Å². The van der Waals surface area contributed by atoms with Crippen molar-refractivity contribution in [1.82, 2.24) is 10.1 Å². The lowest BCUT2D eigenvalue weighted by Gasteiger charge is -2.32. The molecule has 5 rings (SSSR count). The lowest BCUT2D eigenvalue weighted by Crippen LogP contribution is -2.58. The smallest absolute Gasteiger partial charge is 0.293 e. The molecule has 0 saturated carbocycles. The zero-order chi connectivity index (χ0) is 21.5. The fourth-order valence-electron chi connectivity index (χ4n) is 3.84. The first-order valence-corrected chi connectivity index (χ1v) is 10.6. The number of amides is 1. The molecule has 1 atom stereocenters. The highest BCUT2D eigenvalue weighted by Crippen LogP contribution is 2.42. The second-order valence-electron chi connectivity index (χ2n) is 6.98. The van der Waals surface area contributed by atoms with E-state index in [0.717, 1.165) is 5.56 Å². The molecule has 0 radical (unpaired) electrons. The van der Waals surface area contributed by atoms with E-state index in [-0.39, 0.29) is 12.7 Å². The summed E-state index contributed by atoms with van der Waals surface area (Å²) < 4.78 is 12.5. The van der Waals surface area contributed by atoms with Gasteiger partial charge in [-0.1, -0.05) is 34.7 Å². The number of hydrogen-bond acceptors (Lipinski definition) is 7. The zero-order valence-electron chi connectivity index (χ0n) is 16.6. The molecule has 0 saturated heterocycles. The highest BCUT2D eigenvalue weighted by Gasteiger charge is 2.44. The third kappa shape index (κ3) is 3.17. The van der Waals surface area contributed by atoms with Crippen LogP contribution in [0.1, 0.15) is 18.7 Å². The van der Waals surface area contributed by atoms with Crippen molar-refractivity contribution < 1.29 is 24.1 Å². The molecule has 2 aliphatic heterocycles. The van der Waals surface area contributed by atoms with Crippen LogP contribution in [0, 0.1) is 0 Å². The molecule has 3 aromatic rings. The van der Waals surface area contributed by atoms with E-state index in [1.807, 2.05) is 30.3 Å². The first-order chi connectivity index (χ1) is 15.1. The predicted molar refractivity (Wildman–Crippen MR) is 112 cm³/mol. The first kappa shape index (κ1) is 19.4. The number of benzene rings is 2. The van der Waals surface area contributed by atoms with Gasteiger partial charge in [0.2, 0.25) is 12.7 Å². The second kappa shape index (κ2) is 7.59. The Morgan fingerprint density at radius 2 is 2.13 bits per heavy atom. The van der Waals surface area contributed by atoms with Crippen LogP contribution in [0.15, 0.2) is 60.3 Å². The summed E-state index contributed by atoms with van der Waals surface area (Å²) >= 11 is 1.31. The van der Waals surface area contributed by atoms with Gasteiger partial charge in [0.25, 0.3) is 17.0 Å². The number of carbonyl (C=O) groups is 1. The number of nitrogens with zero attached hydrogens (tertiary/aromatic N) is 4. The Bertz CT molecular complexity index is 1220. The van der Waals surface area contributed by atoms with E-state index < -0.39 is 12.0 Å². The minimum Gasteiger partial charge on any atom is -0.854 e. The van der Waals surface area contributed by atoms with E-state index in [1.54, 1.807) is 27.8 Å². The number of thioether (sulfide) groups is 1. The van der Waals surface area contributed by atoms with Crippen LogP contribution >= 0.6 is 11.8 Å². The topological polar surface area (TPSA) is 91.5 Å². The molecule has 0 aliphatic carbocycles. The maximum Gasteiger partial charge on any atom is 0.293 e. The Morgan fingerprint density at radius 1 is 1.32 bits per heavy atom. The van der Waals surface area contributed by atoms with E-state index >= 15 is 0 Å². The van der Waals surface area contributed by atoms with Crippen molar-refractivity contribution >= 4 is 23.4 Å². The van der Waals surface area contributed by atoms with Crippen molar-refractivity contribution in [2.24, 2.45) is 0 Å². The summed E-state index contributed by atoms with van der Waals surface area (Å²) in [6.45, 7) is 5.34. The summed E-state index contributed by atoms with van der Waals surface area (Å²) in [5, 5.41) is 18.1. The van der Waals surface area contributed by atoms with Crippen LogP contribution in [0.4, 0.5) is 5.69 Å². The van der Waals surface area contributed by atoms with Crippen LogP contribution in [0.3, 0.4) is 0 Å². The number of anilines is 1. The molecule has 0 N–H and O–H groups in total. The lowest BCUT2D eigenvalue weighted by molar-refractivity contribution is -0.764. The Kier molecular flexibility index (Phi) is 4.74. The van der Waals surface area contributed by atoms with Crippen LogP contribution in [-0.2, 0) is 4.79 Å². The van der Waals surface area contributed by atoms with Gasteiger partial charge in [0.05, 0.1) is 17.1 Å². The van der Waals surface area contributed by atoms with Crippen LogP contribution in [0.2, 0.25) is 0 Å². The van der Waals surface area contributed by atoms with Gasteiger partial charge in [-0.05, 0) is 30.3 Å². The molecule has 1 aromatic heterocycles. The number of aromatic nitrogens is 3. The summed E-state index contributed by atoms with van der Waals surface area (Å²) in [4.78, 5) is 18.6. The van der Waals surface area contributed by atoms with E-state index in [0.29, 0.717) is 39.4 Å². The van der Waals surface area contributed by atoms with Gasteiger partial charge in [-0.3, -0.25) is 4.79 Å². The summed E-state index contributed by atoms with van der Waals surface area (Å²) in [6.07, 6.45) is 1.03. The molecule has 1 amide bonds. The SMILES string of the molecule is C=CCSc1nc([O-])c2[n+](n1)C(c1ccc3c(c1)OCO3)N(C(C)=O)c1ccccc1-2. The normalized spacial score (nSPS) is 15.9. The van der Waals surface area contributed by atoms with Gasteiger partial charge in [-0.15, -0.1) is 6.58 Å². The van der Waals surface area contributed by atoms with Crippen molar-refractivity contribution in [3.8, 4) is 28.6 Å². The van der Waals surface area contributed by atoms with Gasteiger partial charge in [0, 0.05) is 23.3 Å². The maximum absolute atomic E-state index is 13.1. The number of fused-ring (bicyclic) bond motifs is 4. The fourth-order valence-corrected chi connectivity index (χ4v) is 4.40. The number of para-hydroxylation sites is 1. The minimum atomic E-state index is -0.685. The first-order valence-electron chi connectivity index (χ1n) is 9.62. The molecule has 31 heavy (non-hydrogen) atoms. The van der Waals surface area contributed by atoms with Gasteiger partial charge in [-0.2, -0.15) is 0 Å². The molecule has 2 aromatic carbocycles. The molecule has 9 heteroatoms. The van der Waals surface area contributed by atoms with Crippen molar-refractivity contribution in [3.63, 3.8) is 0 Å². The van der Waals surface area contributed by atoms with Gasteiger partial charge in [0.1, 0.15) is 0 Å². The predicted octanol–water partition coefficient (Wildman–Crippen LogP) is 2.42. The lowest BCUT2D eigenvalue weighted by atomic mass is 10.0. The molecule has 156 valence electrons. The van der Waals surface area contributed by atoms with E-state index in [2.05, 4.69) is 16.7 Å². The molecule has 0 bridgehead atoms. The van der Waals surface area contributed by atoms with Gasteiger partial charge >= 0.3 is 0 Å².